The van der Waals surface area contributed by atoms with E-state index in [1.165, 1.54) is 12.1 Å². The van der Waals surface area contributed by atoms with Crippen molar-refractivity contribution in [2.24, 2.45) is 5.92 Å². The zero-order chi connectivity index (χ0) is 31.6. The van der Waals surface area contributed by atoms with Crippen LogP contribution in [0.25, 0.3) is 0 Å². The van der Waals surface area contributed by atoms with Gasteiger partial charge in [-0.05, 0) is 70.3 Å². The van der Waals surface area contributed by atoms with E-state index in [2.05, 4.69) is 54.0 Å². The van der Waals surface area contributed by atoms with Crippen molar-refractivity contribution in [3.8, 4) is 6.07 Å². The molecule has 1 aromatic rings. The Bertz CT molecular complexity index is 1270. The van der Waals surface area contributed by atoms with Gasteiger partial charge in [-0.15, -0.1) is 0 Å². The number of piperazine rings is 1. The molecule has 7 atom stereocenters. The van der Waals surface area contributed by atoms with Crippen LogP contribution in [0, 0.1) is 23.1 Å². The standard InChI is InChI=1S/C33H48FN7O3/c1-6-25-27(19-33(3)18-22-10-8-12-26(34)29(22)31(43)39(33)5)36-32(44-21-24-11-9-15-38(24)4)37-30(25)40-16-17-41(28(42)7-2)23(20-40)13-14-35/h7-8,10,12,23-25,27,30,32,36-37H,2,6,9,11,13,15-21H2,1,3-5H3/t23-,24-,25?,27?,30?,32?,33+/m1/s1. The molecule has 4 heterocycles. The van der Waals surface area contributed by atoms with Crippen LogP contribution in [0.4, 0.5) is 4.39 Å². The normalized spacial score (nSPS) is 33.2. The number of halogens is 1. The predicted molar refractivity (Wildman–Crippen MR) is 166 cm³/mol. The van der Waals surface area contributed by atoms with E-state index >= 15 is 0 Å². The van der Waals surface area contributed by atoms with E-state index in [4.69, 9.17) is 4.74 Å². The molecular weight excluding hydrogens is 561 g/mol. The van der Waals surface area contributed by atoms with Crippen molar-refractivity contribution in [3.05, 3.63) is 47.8 Å². The Morgan fingerprint density at radius 2 is 2.05 bits per heavy atom. The number of ether oxygens (including phenoxy) is 1. The molecule has 0 spiro atoms. The molecular formula is C33H48FN7O3. The summed E-state index contributed by atoms with van der Waals surface area (Å²) in [6, 6.07) is 7.27. The van der Waals surface area contributed by atoms with Crippen LogP contribution in [0.1, 0.15) is 61.9 Å². The van der Waals surface area contributed by atoms with E-state index in [1.54, 1.807) is 22.9 Å². The fourth-order valence-corrected chi connectivity index (χ4v) is 7.85. The van der Waals surface area contributed by atoms with Crippen LogP contribution >= 0.6 is 0 Å². The average molecular weight is 610 g/mol. The van der Waals surface area contributed by atoms with E-state index in [0.29, 0.717) is 45.1 Å². The number of nitrogens with one attached hydrogen (secondary N) is 2. The maximum Gasteiger partial charge on any atom is 0.257 e. The molecule has 1 aromatic carbocycles. The van der Waals surface area contributed by atoms with Crippen molar-refractivity contribution in [1.82, 2.24) is 30.2 Å². The molecule has 44 heavy (non-hydrogen) atoms. The lowest BCUT2D eigenvalue weighted by Crippen LogP contribution is -2.72. The van der Waals surface area contributed by atoms with Gasteiger partial charge in [0.05, 0.1) is 36.9 Å². The maximum atomic E-state index is 14.7. The molecule has 0 aliphatic carbocycles. The zero-order valence-electron chi connectivity index (χ0n) is 26.6. The SMILES string of the molecule is C=CC(=O)N1CCN(C2NC(OC[C@H]3CCCN3C)NC(C[C@]3(C)Cc4cccc(F)c4C(=O)N3C)C2CC)C[C@H]1CC#N. The summed E-state index contributed by atoms with van der Waals surface area (Å²) in [5.41, 5.74) is 0.376. The molecule has 3 fully saturated rings. The first-order chi connectivity index (χ1) is 21.1. The van der Waals surface area contributed by atoms with Crippen LogP contribution in [-0.4, -0.2) is 114 Å². The number of nitriles is 1. The largest absolute Gasteiger partial charge is 0.348 e. The molecule has 4 unspecified atom stereocenters. The smallest absolute Gasteiger partial charge is 0.257 e. The van der Waals surface area contributed by atoms with Gasteiger partial charge in [0.1, 0.15) is 5.82 Å². The Balaban J connectivity index is 1.41. The number of nitrogens with zero attached hydrogens (tertiary/aromatic N) is 5. The van der Waals surface area contributed by atoms with E-state index in [0.717, 1.165) is 31.4 Å². The molecule has 10 nitrogen and oxygen atoms in total. The summed E-state index contributed by atoms with van der Waals surface area (Å²) in [7, 11) is 3.92. The van der Waals surface area contributed by atoms with Crippen molar-refractivity contribution in [1.29, 1.82) is 5.26 Å². The third kappa shape index (κ3) is 6.42. The van der Waals surface area contributed by atoms with Gasteiger partial charge in [0, 0.05) is 50.2 Å². The van der Waals surface area contributed by atoms with Crippen molar-refractivity contribution >= 4 is 11.8 Å². The average Bonchev–Trinajstić information content (AvgIpc) is 3.42. The second-order valence-corrected chi connectivity index (χ2v) is 13.2. The van der Waals surface area contributed by atoms with Crippen LogP contribution in [-0.2, 0) is 16.0 Å². The molecule has 5 rings (SSSR count). The van der Waals surface area contributed by atoms with Crippen LogP contribution in [0.2, 0.25) is 0 Å². The number of amides is 2. The van der Waals surface area contributed by atoms with Gasteiger partial charge in [0.25, 0.3) is 5.91 Å². The maximum absolute atomic E-state index is 14.7. The number of carbonyl (C=O) groups excluding carboxylic acids is 2. The molecule has 0 saturated carbocycles. The van der Waals surface area contributed by atoms with Crippen LogP contribution in [0.3, 0.4) is 0 Å². The number of fused-ring (bicyclic) bond motifs is 1. The Hall–Kier alpha value is -2.88. The van der Waals surface area contributed by atoms with Crippen LogP contribution < -0.4 is 10.6 Å². The van der Waals surface area contributed by atoms with Gasteiger partial charge in [0.2, 0.25) is 5.91 Å². The Morgan fingerprint density at radius 3 is 2.73 bits per heavy atom. The molecule has 4 aliphatic heterocycles. The van der Waals surface area contributed by atoms with Gasteiger partial charge in [0.15, 0.2) is 6.35 Å². The summed E-state index contributed by atoms with van der Waals surface area (Å²) >= 11 is 0. The topological polar surface area (TPSA) is 104 Å². The summed E-state index contributed by atoms with van der Waals surface area (Å²) in [6.07, 6.45) is 5.42. The number of benzene rings is 1. The predicted octanol–water partition coefficient (Wildman–Crippen LogP) is 2.52. The fourth-order valence-electron chi connectivity index (χ4n) is 7.85. The quantitative estimate of drug-likeness (QED) is 0.412. The van der Waals surface area contributed by atoms with Gasteiger partial charge in [-0.25, -0.2) is 4.39 Å². The summed E-state index contributed by atoms with van der Waals surface area (Å²) in [4.78, 5) is 34.2. The molecule has 11 heteroatoms. The second kappa shape index (κ2) is 13.6. The third-order valence-electron chi connectivity index (χ3n) is 10.6. The summed E-state index contributed by atoms with van der Waals surface area (Å²) in [5, 5.41) is 17.1. The van der Waals surface area contributed by atoms with Gasteiger partial charge in [-0.3, -0.25) is 25.1 Å². The first-order valence-corrected chi connectivity index (χ1v) is 16.0. The third-order valence-corrected chi connectivity index (χ3v) is 10.6. The minimum absolute atomic E-state index is 0.0184. The lowest BCUT2D eigenvalue weighted by molar-refractivity contribution is -0.135. The number of likely N-dealkylation sites (tertiary alicyclic amines) is 1. The monoisotopic (exact) mass is 609 g/mol. The lowest BCUT2D eigenvalue weighted by Gasteiger charge is -2.53. The van der Waals surface area contributed by atoms with Crippen molar-refractivity contribution in [2.75, 3.05) is 46.9 Å². The molecule has 0 aromatic heterocycles. The first kappa shape index (κ1) is 32.5. The molecule has 2 amide bonds. The van der Waals surface area contributed by atoms with E-state index in [9.17, 15) is 19.2 Å². The van der Waals surface area contributed by atoms with E-state index in [1.807, 2.05) is 6.07 Å². The van der Waals surface area contributed by atoms with Gasteiger partial charge < -0.3 is 19.4 Å². The second-order valence-electron chi connectivity index (χ2n) is 13.2. The Morgan fingerprint density at radius 1 is 1.25 bits per heavy atom. The molecule has 0 bridgehead atoms. The highest BCUT2D eigenvalue weighted by Gasteiger charge is 2.48. The highest BCUT2D eigenvalue weighted by atomic mass is 19.1. The van der Waals surface area contributed by atoms with Gasteiger partial charge in [-0.2, -0.15) is 5.26 Å². The minimum Gasteiger partial charge on any atom is -0.348 e. The van der Waals surface area contributed by atoms with E-state index in [-0.39, 0.29) is 48.0 Å². The summed E-state index contributed by atoms with van der Waals surface area (Å²) in [6.45, 7) is 11.3. The van der Waals surface area contributed by atoms with Crippen LogP contribution in [0.15, 0.2) is 30.9 Å². The van der Waals surface area contributed by atoms with Crippen molar-refractivity contribution in [2.45, 2.75) is 88.6 Å². The first-order valence-electron chi connectivity index (χ1n) is 16.0. The van der Waals surface area contributed by atoms with E-state index < -0.39 is 17.7 Å². The number of hydrogen-bond donors (Lipinski definition) is 2. The number of carbonyl (C=O) groups is 2. The summed E-state index contributed by atoms with van der Waals surface area (Å²) in [5.74, 6) is -0.767. The van der Waals surface area contributed by atoms with Gasteiger partial charge in [-0.1, -0.05) is 25.6 Å². The number of likely N-dealkylation sites (N-methyl/N-ethyl adjacent to an activating group) is 2. The molecule has 240 valence electrons. The van der Waals surface area contributed by atoms with Crippen molar-refractivity contribution in [3.63, 3.8) is 0 Å². The van der Waals surface area contributed by atoms with Crippen molar-refractivity contribution < 1.29 is 18.7 Å². The molecule has 0 radical (unpaired) electrons. The molecule has 2 N–H and O–H groups in total. The Kier molecular flexibility index (Phi) is 10.1. The fraction of sp³-hybridized carbons (Fsp3) is 0.667. The molecule has 3 saturated heterocycles. The molecule has 4 aliphatic rings. The minimum atomic E-state index is -0.542. The zero-order valence-corrected chi connectivity index (χ0v) is 26.6. The highest BCUT2D eigenvalue weighted by Crippen LogP contribution is 2.37. The lowest BCUT2D eigenvalue weighted by atomic mass is 9.75. The van der Waals surface area contributed by atoms with Crippen LogP contribution in [0.5, 0.6) is 0 Å². The van der Waals surface area contributed by atoms with Gasteiger partial charge >= 0.3 is 0 Å². The summed E-state index contributed by atoms with van der Waals surface area (Å²) < 4.78 is 21.2. The number of rotatable bonds is 9. The number of hydrogen-bond acceptors (Lipinski definition) is 8. The highest BCUT2D eigenvalue weighted by molar-refractivity contribution is 5.97. The Labute approximate surface area is 261 Å².